The predicted octanol–water partition coefficient (Wildman–Crippen LogP) is 0.816. The Morgan fingerprint density at radius 3 is 2.33 bits per heavy atom. The molecule has 0 saturated carbocycles. The summed E-state index contributed by atoms with van der Waals surface area (Å²) < 4.78 is 0. The van der Waals surface area contributed by atoms with Crippen LogP contribution in [-0.4, -0.2) is 10.9 Å². The van der Waals surface area contributed by atoms with Crippen molar-refractivity contribution in [2.75, 3.05) is 5.75 Å². The van der Waals surface area contributed by atoms with Gasteiger partial charge in [-0.15, -0.1) is 0 Å². The smallest absolute Gasteiger partial charge is 0.215 e. The SMILES string of the molecule is C=C1CSC1=O. The number of thioether (sulfide) groups is 1. The highest BCUT2D eigenvalue weighted by molar-refractivity contribution is 8.16. The summed E-state index contributed by atoms with van der Waals surface area (Å²) in [6, 6.07) is 0. The van der Waals surface area contributed by atoms with Gasteiger partial charge in [-0.3, -0.25) is 4.79 Å². The molecule has 1 fully saturated rings. The first-order valence-corrected chi connectivity index (χ1v) is 2.64. The molecule has 32 valence electrons. The van der Waals surface area contributed by atoms with E-state index in [0.29, 0.717) is 0 Å². The molecule has 0 radical (unpaired) electrons. The number of hydrogen-bond donors (Lipinski definition) is 0. The van der Waals surface area contributed by atoms with Crippen molar-refractivity contribution in [2.24, 2.45) is 0 Å². The maximum absolute atomic E-state index is 10.1. The molecule has 1 aliphatic heterocycles. The molecule has 1 saturated heterocycles. The Kier molecular flexibility index (Phi) is 0.733. The van der Waals surface area contributed by atoms with E-state index in [1.165, 1.54) is 11.8 Å². The molecule has 1 nitrogen and oxygen atoms in total. The normalized spacial score (nSPS) is 20.7. The van der Waals surface area contributed by atoms with Crippen molar-refractivity contribution in [3.05, 3.63) is 12.2 Å². The summed E-state index contributed by atoms with van der Waals surface area (Å²) in [4.78, 5) is 10.1. The van der Waals surface area contributed by atoms with Gasteiger partial charge in [-0.05, 0) is 0 Å². The van der Waals surface area contributed by atoms with Crippen LogP contribution in [0.15, 0.2) is 12.2 Å². The zero-order valence-electron chi connectivity index (χ0n) is 3.23. The lowest BCUT2D eigenvalue weighted by Crippen LogP contribution is -2.10. The summed E-state index contributed by atoms with van der Waals surface area (Å²) in [6.07, 6.45) is 0. The molecule has 1 heterocycles. The molecule has 0 aliphatic carbocycles. The Hall–Kier alpha value is -0.240. The number of rotatable bonds is 0. The maximum Gasteiger partial charge on any atom is 0.215 e. The monoisotopic (exact) mass is 100.0 g/mol. The molecule has 0 aromatic carbocycles. The highest BCUT2D eigenvalue weighted by atomic mass is 32.2. The fraction of sp³-hybridized carbons (Fsp3) is 0.250. The molecule has 1 aliphatic rings. The zero-order chi connectivity index (χ0) is 4.57. The van der Waals surface area contributed by atoms with Gasteiger partial charge in [0.15, 0.2) is 0 Å². The van der Waals surface area contributed by atoms with Crippen molar-refractivity contribution < 1.29 is 4.79 Å². The van der Waals surface area contributed by atoms with E-state index in [1.54, 1.807) is 0 Å². The second-order valence-electron chi connectivity index (χ2n) is 1.18. The molecule has 0 aromatic rings. The van der Waals surface area contributed by atoms with Gasteiger partial charge in [0.2, 0.25) is 5.12 Å². The second kappa shape index (κ2) is 1.12. The van der Waals surface area contributed by atoms with E-state index >= 15 is 0 Å². The lowest BCUT2D eigenvalue weighted by atomic mass is 10.4. The predicted molar refractivity (Wildman–Crippen MR) is 26.6 cm³/mol. The summed E-state index contributed by atoms with van der Waals surface area (Å²) in [7, 11) is 0. The van der Waals surface area contributed by atoms with E-state index in [1.807, 2.05) is 0 Å². The standard InChI is InChI=1S/C4H4OS/c1-3-2-6-4(3)5/h1-2H2. The van der Waals surface area contributed by atoms with Gasteiger partial charge in [0.1, 0.15) is 0 Å². The van der Waals surface area contributed by atoms with Gasteiger partial charge in [-0.25, -0.2) is 0 Å². The number of carbonyl (C=O) groups excluding carboxylic acids is 1. The van der Waals surface area contributed by atoms with Crippen molar-refractivity contribution in [1.29, 1.82) is 0 Å². The lowest BCUT2D eigenvalue weighted by Gasteiger charge is -2.09. The van der Waals surface area contributed by atoms with Gasteiger partial charge < -0.3 is 0 Å². The zero-order valence-corrected chi connectivity index (χ0v) is 4.05. The van der Waals surface area contributed by atoms with Gasteiger partial charge >= 0.3 is 0 Å². The molecule has 0 aromatic heterocycles. The van der Waals surface area contributed by atoms with Crippen LogP contribution in [0.25, 0.3) is 0 Å². The van der Waals surface area contributed by atoms with Crippen LogP contribution in [0.4, 0.5) is 0 Å². The van der Waals surface area contributed by atoms with Crippen LogP contribution in [0, 0.1) is 0 Å². The van der Waals surface area contributed by atoms with Crippen molar-refractivity contribution in [3.63, 3.8) is 0 Å². The minimum absolute atomic E-state index is 0.162. The highest BCUT2D eigenvalue weighted by Gasteiger charge is 2.17. The summed E-state index contributed by atoms with van der Waals surface area (Å²) >= 11 is 1.33. The molecule has 0 unspecified atom stereocenters. The van der Waals surface area contributed by atoms with Crippen LogP contribution in [0.2, 0.25) is 0 Å². The van der Waals surface area contributed by atoms with E-state index in [-0.39, 0.29) is 5.12 Å². The van der Waals surface area contributed by atoms with Gasteiger partial charge in [0.05, 0.1) is 0 Å². The van der Waals surface area contributed by atoms with Gasteiger partial charge in [-0.1, -0.05) is 18.3 Å². The van der Waals surface area contributed by atoms with Crippen molar-refractivity contribution in [3.8, 4) is 0 Å². The summed E-state index contributed by atoms with van der Waals surface area (Å²) in [5, 5.41) is 0.162. The average molecular weight is 100 g/mol. The third kappa shape index (κ3) is 0.373. The van der Waals surface area contributed by atoms with Crippen molar-refractivity contribution in [2.45, 2.75) is 0 Å². The van der Waals surface area contributed by atoms with Crippen LogP contribution in [0.3, 0.4) is 0 Å². The Labute approximate surface area is 40.4 Å². The Morgan fingerprint density at radius 1 is 1.83 bits per heavy atom. The average Bonchev–Trinajstić information content (AvgIpc) is 1.61. The first kappa shape index (κ1) is 3.93. The molecule has 2 heteroatoms. The van der Waals surface area contributed by atoms with Crippen LogP contribution in [0.5, 0.6) is 0 Å². The van der Waals surface area contributed by atoms with Crippen LogP contribution in [-0.2, 0) is 4.79 Å². The summed E-state index contributed by atoms with van der Waals surface area (Å²) in [5.41, 5.74) is 0.764. The molecule has 6 heavy (non-hydrogen) atoms. The second-order valence-corrected chi connectivity index (χ2v) is 2.13. The summed E-state index contributed by atoms with van der Waals surface area (Å²) in [6.45, 7) is 3.47. The molecule has 0 spiro atoms. The fourth-order valence-corrected chi connectivity index (χ4v) is 0.699. The van der Waals surface area contributed by atoms with E-state index in [0.717, 1.165) is 11.3 Å². The summed E-state index contributed by atoms with van der Waals surface area (Å²) in [5.74, 6) is 0.846. The quantitative estimate of drug-likeness (QED) is 0.419. The number of carbonyl (C=O) groups is 1. The Balaban J connectivity index is 2.61. The van der Waals surface area contributed by atoms with E-state index in [4.69, 9.17) is 0 Å². The molecule has 0 atom stereocenters. The van der Waals surface area contributed by atoms with Gasteiger partial charge in [0.25, 0.3) is 0 Å². The lowest BCUT2D eigenvalue weighted by molar-refractivity contribution is -0.108. The van der Waals surface area contributed by atoms with E-state index in [2.05, 4.69) is 6.58 Å². The first-order valence-electron chi connectivity index (χ1n) is 1.65. The molecular formula is C4H4OS. The Bertz CT molecular complexity index is 92.1. The topological polar surface area (TPSA) is 17.1 Å². The third-order valence-corrected chi connectivity index (χ3v) is 1.71. The largest absolute Gasteiger partial charge is 0.282 e. The molecule has 0 bridgehead atoms. The van der Waals surface area contributed by atoms with Crippen molar-refractivity contribution >= 4 is 16.9 Å². The minimum Gasteiger partial charge on any atom is -0.282 e. The van der Waals surface area contributed by atoms with E-state index < -0.39 is 0 Å². The van der Waals surface area contributed by atoms with E-state index in [9.17, 15) is 4.79 Å². The third-order valence-electron chi connectivity index (χ3n) is 0.666. The minimum atomic E-state index is 0.162. The fourth-order valence-electron chi connectivity index (χ4n) is 0.233. The first-order chi connectivity index (χ1) is 2.80. The Morgan fingerprint density at radius 2 is 2.33 bits per heavy atom. The van der Waals surface area contributed by atoms with Crippen molar-refractivity contribution in [1.82, 2.24) is 0 Å². The highest BCUT2D eigenvalue weighted by Crippen LogP contribution is 2.23. The van der Waals surface area contributed by atoms with Crippen LogP contribution in [0.1, 0.15) is 0 Å². The molecule has 0 N–H and O–H groups in total. The molecule has 0 amide bonds. The van der Waals surface area contributed by atoms with Gasteiger partial charge in [0, 0.05) is 11.3 Å². The maximum atomic E-state index is 10.1. The molecular weight excluding hydrogens is 96.1 g/mol. The van der Waals surface area contributed by atoms with Gasteiger partial charge in [-0.2, -0.15) is 0 Å². The number of hydrogen-bond acceptors (Lipinski definition) is 2. The van der Waals surface area contributed by atoms with Crippen LogP contribution < -0.4 is 0 Å². The molecule has 1 rings (SSSR count). The van der Waals surface area contributed by atoms with Crippen LogP contribution >= 0.6 is 11.8 Å².